The van der Waals surface area contributed by atoms with Gasteiger partial charge in [-0.2, -0.15) is 4.98 Å². The summed E-state index contributed by atoms with van der Waals surface area (Å²) in [5.74, 6) is 2.16. The van der Waals surface area contributed by atoms with Gasteiger partial charge in [-0.1, -0.05) is 12.1 Å². The van der Waals surface area contributed by atoms with Crippen molar-refractivity contribution in [1.82, 2.24) is 9.97 Å². The number of fused-ring (bicyclic) bond motifs is 1. The summed E-state index contributed by atoms with van der Waals surface area (Å²) >= 11 is 0. The van der Waals surface area contributed by atoms with Crippen molar-refractivity contribution < 1.29 is 9.47 Å². The number of hydrogen-bond donors (Lipinski definition) is 2. The zero-order chi connectivity index (χ0) is 13.9. The molecule has 104 valence electrons. The summed E-state index contributed by atoms with van der Waals surface area (Å²) in [7, 11) is 0. The Labute approximate surface area is 116 Å². The Morgan fingerprint density at radius 1 is 1.15 bits per heavy atom. The van der Waals surface area contributed by atoms with Crippen molar-refractivity contribution in [2.45, 2.75) is 18.9 Å². The van der Waals surface area contributed by atoms with Gasteiger partial charge in [0.05, 0.1) is 0 Å². The maximum atomic E-state index is 5.88. The van der Waals surface area contributed by atoms with E-state index in [2.05, 4.69) is 9.97 Å². The number of nitrogen functional groups attached to an aromatic ring is 2. The smallest absolute Gasteiger partial charge is 0.222 e. The molecule has 1 aliphatic rings. The van der Waals surface area contributed by atoms with Crippen molar-refractivity contribution >= 4 is 11.8 Å². The van der Waals surface area contributed by atoms with Crippen molar-refractivity contribution in [3.05, 3.63) is 36.0 Å². The van der Waals surface area contributed by atoms with Crippen LogP contribution in [0.1, 0.15) is 12.1 Å². The highest BCUT2D eigenvalue weighted by molar-refractivity contribution is 5.40. The van der Waals surface area contributed by atoms with Crippen LogP contribution in [0.3, 0.4) is 0 Å². The van der Waals surface area contributed by atoms with Crippen LogP contribution in [-0.4, -0.2) is 22.7 Å². The molecule has 2 aromatic rings. The van der Waals surface area contributed by atoms with Crippen LogP contribution < -0.4 is 20.9 Å². The molecule has 1 aromatic carbocycles. The molecule has 20 heavy (non-hydrogen) atoms. The van der Waals surface area contributed by atoms with Gasteiger partial charge in [-0.25, -0.2) is 4.98 Å². The molecule has 1 aliphatic heterocycles. The maximum absolute atomic E-state index is 5.88. The van der Waals surface area contributed by atoms with Crippen molar-refractivity contribution in [2.24, 2.45) is 0 Å². The van der Waals surface area contributed by atoms with Gasteiger partial charge < -0.3 is 20.9 Å². The quantitative estimate of drug-likeness (QED) is 0.877. The van der Waals surface area contributed by atoms with Gasteiger partial charge in [-0.05, 0) is 25.0 Å². The Balaban J connectivity index is 1.62. The van der Waals surface area contributed by atoms with E-state index in [1.54, 1.807) is 6.07 Å². The largest absolute Gasteiger partial charge is 0.486 e. The zero-order valence-electron chi connectivity index (χ0n) is 11.0. The van der Waals surface area contributed by atoms with Gasteiger partial charge in [-0.15, -0.1) is 0 Å². The van der Waals surface area contributed by atoms with Crippen LogP contribution in [0.25, 0.3) is 0 Å². The standard InChI is InChI=1S/C14H16N4O2/c15-13-7-9(17-14(16)18-13)5-6-10-8-19-11-3-1-2-4-12(11)20-10/h1-4,7,10H,5-6,8H2,(H4,15,16,17,18)/t10-/m0/s1. The predicted molar refractivity (Wildman–Crippen MR) is 75.5 cm³/mol. The van der Waals surface area contributed by atoms with E-state index in [1.807, 2.05) is 24.3 Å². The fourth-order valence-electron chi connectivity index (χ4n) is 2.18. The van der Waals surface area contributed by atoms with Gasteiger partial charge in [0, 0.05) is 11.8 Å². The van der Waals surface area contributed by atoms with E-state index in [9.17, 15) is 0 Å². The average Bonchev–Trinajstić information content (AvgIpc) is 2.44. The van der Waals surface area contributed by atoms with E-state index in [-0.39, 0.29) is 12.1 Å². The molecule has 0 amide bonds. The number of ether oxygens (including phenoxy) is 2. The molecule has 3 rings (SSSR count). The fourth-order valence-corrected chi connectivity index (χ4v) is 2.18. The fraction of sp³-hybridized carbons (Fsp3) is 0.286. The lowest BCUT2D eigenvalue weighted by Gasteiger charge is -2.26. The van der Waals surface area contributed by atoms with Crippen molar-refractivity contribution in [2.75, 3.05) is 18.1 Å². The molecule has 0 unspecified atom stereocenters. The second-order valence-electron chi connectivity index (χ2n) is 4.68. The van der Waals surface area contributed by atoms with Gasteiger partial charge in [-0.3, -0.25) is 0 Å². The SMILES string of the molecule is Nc1cc(CC[C@H]2COc3ccccc3O2)nc(N)n1. The third-order valence-corrected chi connectivity index (χ3v) is 3.11. The Morgan fingerprint density at radius 2 is 1.95 bits per heavy atom. The highest BCUT2D eigenvalue weighted by Gasteiger charge is 2.20. The number of aryl methyl sites for hydroxylation is 1. The average molecular weight is 272 g/mol. The molecule has 0 saturated heterocycles. The van der Waals surface area contributed by atoms with E-state index < -0.39 is 0 Å². The molecule has 6 nitrogen and oxygen atoms in total. The lowest BCUT2D eigenvalue weighted by atomic mass is 10.1. The van der Waals surface area contributed by atoms with Crippen LogP contribution in [0.5, 0.6) is 11.5 Å². The van der Waals surface area contributed by atoms with Crippen LogP contribution in [0.4, 0.5) is 11.8 Å². The Hall–Kier alpha value is -2.50. The molecule has 1 aromatic heterocycles. The second-order valence-corrected chi connectivity index (χ2v) is 4.68. The third-order valence-electron chi connectivity index (χ3n) is 3.11. The molecule has 6 heteroatoms. The molecule has 0 radical (unpaired) electrons. The van der Waals surface area contributed by atoms with Crippen molar-refractivity contribution in [1.29, 1.82) is 0 Å². The Kier molecular flexibility index (Phi) is 3.28. The van der Waals surface area contributed by atoms with Gasteiger partial charge in [0.1, 0.15) is 18.5 Å². The highest BCUT2D eigenvalue weighted by Crippen LogP contribution is 2.31. The first-order valence-electron chi connectivity index (χ1n) is 6.48. The van der Waals surface area contributed by atoms with E-state index in [4.69, 9.17) is 20.9 Å². The van der Waals surface area contributed by atoms with E-state index in [0.717, 1.165) is 23.6 Å². The monoisotopic (exact) mass is 272 g/mol. The van der Waals surface area contributed by atoms with Gasteiger partial charge in [0.25, 0.3) is 0 Å². The molecule has 0 spiro atoms. The van der Waals surface area contributed by atoms with Gasteiger partial charge in [0.2, 0.25) is 5.95 Å². The summed E-state index contributed by atoms with van der Waals surface area (Å²) in [6.45, 7) is 0.535. The van der Waals surface area contributed by atoms with Crippen LogP contribution in [0, 0.1) is 0 Å². The minimum absolute atomic E-state index is 0.00214. The van der Waals surface area contributed by atoms with E-state index >= 15 is 0 Å². The second kappa shape index (κ2) is 5.24. The molecular formula is C14H16N4O2. The normalized spacial score (nSPS) is 16.9. The molecule has 1 atom stereocenters. The molecule has 0 saturated carbocycles. The summed E-state index contributed by atoms with van der Waals surface area (Å²) in [5, 5.41) is 0. The predicted octanol–water partition coefficient (Wildman–Crippen LogP) is 1.41. The molecule has 0 aliphatic carbocycles. The summed E-state index contributed by atoms with van der Waals surface area (Å²) in [5.41, 5.74) is 12.0. The van der Waals surface area contributed by atoms with Crippen LogP contribution in [-0.2, 0) is 6.42 Å². The third kappa shape index (κ3) is 2.74. The number of para-hydroxylation sites is 2. The van der Waals surface area contributed by atoms with Crippen molar-refractivity contribution in [3.8, 4) is 11.5 Å². The summed E-state index contributed by atoms with van der Waals surface area (Å²) < 4.78 is 11.5. The summed E-state index contributed by atoms with van der Waals surface area (Å²) in [6, 6.07) is 9.39. The molecular weight excluding hydrogens is 256 g/mol. The lowest BCUT2D eigenvalue weighted by molar-refractivity contribution is 0.0849. The molecule has 4 N–H and O–H groups in total. The topological polar surface area (TPSA) is 96.3 Å². The van der Waals surface area contributed by atoms with Gasteiger partial charge in [0.15, 0.2) is 11.5 Å². The van der Waals surface area contributed by atoms with Crippen molar-refractivity contribution in [3.63, 3.8) is 0 Å². The minimum atomic E-state index is 0.00214. The first kappa shape index (κ1) is 12.5. The highest BCUT2D eigenvalue weighted by atomic mass is 16.6. The van der Waals surface area contributed by atoms with Crippen LogP contribution in [0.15, 0.2) is 30.3 Å². The number of rotatable bonds is 3. The lowest BCUT2D eigenvalue weighted by Crippen LogP contribution is -2.29. The Morgan fingerprint density at radius 3 is 2.75 bits per heavy atom. The number of hydrogen-bond acceptors (Lipinski definition) is 6. The number of nitrogens with zero attached hydrogens (tertiary/aromatic N) is 2. The zero-order valence-corrected chi connectivity index (χ0v) is 11.0. The van der Waals surface area contributed by atoms with Gasteiger partial charge >= 0.3 is 0 Å². The molecule has 0 fully saturated rings. The van der Waals surface area contributed by atoms with Crippen LogP contribution >= 0.6 is 0 Å². The molecule has 0 bridgehead atoms. The minimum Gasteiger partial charge on any atom is -0.486 e. The summed E-state index contributed by atoms with van der Waals surface area (Å²) in [4.78, 5) is 8.00. The first-order valence-corrected chi connectivity index (χ1v) is 6.48. The number of benzene rings is 1. The number of nitrogens with two attached hydrogens (primary N) is 2. The first-order chi connectivity index (χ1) is 9.70. The maximum Gasteiger partial charge on any atom is 0.222 e. The molecule has 2 heterocycles. The Bertz CT molecular complexity index is 598. The number of anilines is 2. The van der Waals surface area contributed by atoms with Crippen LogP contribution in [0.2, 0.25) is 0 Å². The summed E-state index contributed by atoms with van der Waals surface area (Å²) in [6.07, 6.45) is 1.50. The van der Waals surface area contributed by atoms with E-state index in [1.165, 1.54) is 0 Å². The van der Waals surface area contributed by atoms with E-state index in [0.29, 0.717) is 18.8 Å². The number of aromatic nitrogens is 2.